The van der Waals surface area contributed by atoms with Crippen LogP contribution in [0.3, 0.4) is 0 Å². The number of esters is 2. The Kier molecular flexibility index (Phi) is 7.17. The van der Waals surface area contributed by atoms with Gasteiger partial charge in [0.1, 0.15) is 17.5 Å². The summed E-state index contributed by atoms with van der Waals surface area (Å²) < 4.78 is 18.2. The van der Waals surface area contributed by atoms with Crippen LogP contribution in [0.25, 0.3) is 0 Å². The summed E-state index contributed by atoms with van der Waals surface area (Å²) in [4.78, 5) is 40.4. The summed E-state index contributed by atoms with van der Waals surface area (Å²) in [6.45, 7) is 15.5. The average molecular weight is 577 g/mol. The molecule has 0 aromatic heterocycles. The van der Waals surface area contributed by atoms with E-state index in [1.165, 1.54) is 20.0 Å². The first kappa shape index (κ1) is 29.4. The number of ether oxygens (including phenoxy) is 3. The van der Waals surface area contributed by atoms with Crippen LogP contribution in [-0.4, -0.2) is 36.5 Å². The standard InChI is InChI=1S/C36H48O6/c1-20(2)22-8-9-23-14-25(41-32(23)38)12-21(3)13-29(37)26-18-36(42-30(15-22)31(26)33(39)40-7)11-10-27-28(36)19-34(4,5)16-24-17-35(24,27)6/h13-14,22,24-28H,1,8-12,15-19H2,2-7H3. The van der Waals surface area contributed by atoms with Gasteiger partial charge < -0.3 is 14.2 Å². The number of carbonyl (C=O) groups excluding carboxylic acids is 3. The zero-order valence-electron chi connectivity index (χ0n) is 26.3. The lowest BCUT2D eigenvalue weighted by Gasteiger charge is -2.47. The highest BCUT2D eigenvalue weighted by atomic mass is 16.5. The van der Waals surface area contributed by atoms with Gasteiger partial charge in [0, 0.05) is 30.8 Å². The predicted octanol–water partition coefficient (Wildman–Crippen LogP) is 7.19. The molecule has 228 valence electrons. The molecule has 4 aliphatic carbocycles. The zero-order valence-corrected chi connectivity index (χ0v) is 26.3. The second-order valence-corrected chi connectivity index (χ2v) is 15.5. The molecule has 8 unspecified atom stereocenters. The molecule has 2 aliphatic heterocycles. The third kappa shape index (κ3) is 5.01. The molecule has 0 aromatic rings. The van der Waals surface area contributed by atoms with Crippen molar-refractivity contribution >= 4 is 17.7 Å². The molecule has 0 N–H and O–H groups in total. The third-order valence-electron chi connectivity index (χ3n) is 11.9. The lowest BCUT2D eigenvalue weighted by atomic mass is 9.67. The Hall–Kier alpha value is -2.63. The molecule has 3 saturated carbocycles. The van der Waals surface area contributed by atoms with Crippen LogP contribution < -0.4 is 0 Å². The minimum absolute atomic E-state index is 0.0216. The SMILES string of the molecule is C=C(C)C1CCC2=CC(CC(C)=CC(=O)C3CC4(CCC5C4CC(C)(C)CC4CC45C)OC(=C3C(=O)OC)C1)OC2=O. The van der Waals surface area contributed by atoms with Gasteiger partial charge in [-0.3, -0.25) is 4.79 Å². The van der Waals surface area contributed by atoms with Crippen LogP contribution in [0.2, 0.25) is 0 Å². The molecule has 1 spiro atoms. The molecule has 6 aliphatic rings. The first-order valence-electron chi connectivity index (χ1n) is 16.0. The van der Waals surface area contributed by atoms with Crippen LogP contribution in [0.4, 0.5) is 0 Å². The topological polar surface area (TPSA) is 78.9 Å². The number of hydrogen-bond acceptors (Lipinski definition) is 6. The Bertz CT molecular complexity index is 1310. The molecule has 0 radical (unpaired) electrons. The fraction of sp³-hybridized carbons (Fsp3) is 0.694. The highest BCUT2D eigenvalue weighted by molar-refractivity contribution is 6.03. The van der Waals surface area contributed by atoms with Gasteiger partial charge in [-0.05, 0) is 99.5 Å². The van der Waals surface area contributed by atoms with E-state index in [0.29, 0.717) is 66.3 Å². The number of methoxy groups -OCH3 is 1. The number of rotatable bonds is 2. The molecule has 2 heterocycles. The number of carbonyl (C=O) groups is 3. The van der Waals surface area contributed by atoms with Gasteiger partial charge in [-0.25, -0.2) is 9.59 Å². The largest absolute Gasteiger partial charge is 0.491 e. The third-order valence-corrected chi connectivity index (χ3v) is 11.9. The van der Waals surface area contributed by atoms with E-state index >= 15 is 0 Å². The van der Waals surface area contributed by atoms with Gasteiger partial charge in [-0.2, -0.15) is 0 Å². The molecule has 6 rings (SSSR count). The van der Waals surface area contributed by atoms with Crippen molar-refractivity contribution in [3.8, 4) is 0 Å². The van der Waals surface area contributed by atoms with E-state index in [-0.39, 0.29) is 29.2 Å². The quantitative estimate of drug-likeness (QED) is 0.256. The average Bonchev–Trinajstić information content (AvgIpc) is 3.25. The molecule has 6 heteroatoms. The van der Waals surface area contributed by atoms with E-state index in [1.54, 1.807) is 6.08 Å². The lowest BCUT2D eigenvalue weighted by Crippen LogP contribution is -2.48. The smallest absolute Gasteiger partial charge is 0.337 e. The molecule has 8 atom stereocenters. The number of allylic oxidation sites excluding steroid dienone is 3. The summed E-state index contributed by atoms with van der Waals surface area (Å²) in [6.07, 6.45) is 11.5. The van der Waals surface area contributed by atoms with E-state index in [4.69, 9.17) is 14.2 Å². The molecule has 4 bridgehead atoms. The minimum Gasteiger partial charge on any atom is -0.491 e. The van der Waals surface area contributed by atoms with Gasteiger partial charge in [0.25, 0.3) is 0 Å². The number of ketones is 1. The van der Waals surface area contributed by atoms with Crippen molar-refractivity contribution in [3.63, 3.8) is 0 Å². The number of fused-ring (bicyclic) bond motifs is 6. The van der Waals surface area contributed by atoms with Gasteiger partial charge in [0.15, 0.2) is 5.78 Å². The maximum Gasteiger partial charge on any atom is 0.337 e. The maximum atomic E-state index is 14.2. The van der Waals surface area contributed by atoms with E-state index in [2.05, 4.69) is 27.4 Å². The summed E-state index contributed by atoms with van der Waals surface area (Å²) in [7, 11) is 1.38. The molecule has 0 aromatic carbocycles. The molecule has 0 amide bonds. The van der Waals surface area contributed by atoms with Gasteiger partial charge in [-0.1, -0.05) is 38.5 Å². The minimum atomic E-state index is -0.630. The molecule has 6 nitrogen and oxygen atoms in total. The molecule has 0 saturated heterocycles. The van der Waals surface area contributed by atoms with Crippen molar-refractivity contribution < 1.29 is 28.6 Å². The monoisotopic (exact) mass is 576 g/mol. The summed E-state index contributed by atoms with van der Waals surface area (Å²) in [5.74, 6) is 0.751. The summed E-state index contributed by atoms with van der Waals surface area (Å²) >= 11 is 0. The summed E-state index contributed by atoms with van der Waals surface area (Å²) in [5.41, 5.74) is 2.90. The Labute approximate surface area is 251 Å². The highest BCUT2D eigenvalue weighted by Crippen LogP contribution is 2.72. The first-order chi connectivity index (χ1) is 19.7. The van der Waals surface area contributed by atoms with E-state index in [9.17, 15) is 14.4 Å². The lowest BCUT2D eigenvalue weighted by molar-refractivity contribution is -0.143. The molecule has 42 heavy (non-hydrogen) atoms. The van der Waals surface area contributed by atoms with Gasteiger partial charge >= 0.3 is 11.9 Å². The zero-order chi connectivity index (χ0) is 30.2. The Morgan fingerprint density at radius 1 is 1.05 bits per heavy atom. The predicted molar refractivity (Wildman–Crippen MR) is 160 cm³/mol. The Balaban J connectivity index is 1.46. The van der Waals surface area contributed by atoms with Gasteiger partial charge in [0.2, 0.25) is 0 Å². The van der Waals surface area contributed by atoms with E-state index < -0.39 is 17.5 Å². The second-order valence-electron chi connectivity index (χ2n) is 15.5. The van der Waals surface area contributed by atoms with Crippen LogP contribution in [0.15, 0.2) is 46.8 Å². The van der Waals surface area contributed by atoms with Gasteiger partial charge in [-0.15, -0.1) is 0 Å². The normalized spacial score (nSPS) is 40.9. The fourth-order valence-electron chi connectivity index (χ4n) is 9.59. The van der Waals surface area contributed by atoms with E-state index in [0.717, 1.165) is 36.3 Å². The van der Waals surface area contributed by atoms with Crippen LogP contribution in [0, 0.1) is 40.4 Å². The number of hydrogen-bond donors (Lipinski definition) is 0. The first-order valence-corrected chi connectivity index (χ1v) is 16.0. The molecular formula is C36H48O6. The van der Waals surface area contributed by atoms with Crippen LogP contribution >= 0.6 is 0 Å². The van der Waals surface area contributed by atoms with Gasteiger partial charge in [0.05, 0.1) is 18.6 Å². The van der Waals surface area contributed by atoms with Crippen molar-refractivity contribution in [1.29, 1.82) is 0 Å². The molecular weight excluding hydrogens is 528 g/mol. The highest BCUT2D eigenvalue weighted by Gasteiger charge is 2.67. The van der Waals surface area contributed by atoms with Crippen LogP contribution in [0.5, 0.6) is 0 Å². The summed E-state index contributed by atoms with van der Waals surface area (Å²) in [5, 5.41) is 0. The van der Waals surface area contributed by atoms with Crippen molar-refractivity contribution in [1.82, 2.24) is 0 Å². The second kappa shape index (κ2) is 10.2. The Morgan fingerprint density at radius 2 is 1.81 bits per heavy atom. The maximum absolute atomic E-state index is 14.2. The summed E-state index contributed by atoms with van der Waals surface area (Å²) in [6, 6.07) is 0. The van der Waals surface area contributed by atoms with Crippen molar-refractivity contribution in [2.45, 2.75) is 111 Å². The Morgan fingerprint density at radius 3 is 2.52 bits per heavy atom. The fourth-order valence-corrected chi connectivity index (χ4v) is 9.59. The van der Waals surface area contributed by atoms with Crippen LogP contribution in [-0.2, 0) is 28.6 Å². The van der Waals surface area contributed by atoms with E-state index in [1.807, 2.05) is 19.9 Å². The molecule has 3 fully saturated rings. The van der Waals surface area contributed by atoms with Crippen LogP contribution in [0.1, 0.15) is 98.8 Å². The van der Waals surface area contributed by atoms with Crippen molar-refractivity contribution in [3.05, 3.63) is 46.8 Å². The van der Waals surface area contributed by atoms with Crippen molar-refractivity contribution in [2.75, 3.05) is 7.11 Å². The van der Waals surface area contributed by atoms with Crippen molar-refractivity contribution in [2.24, 2.45) is 40.4 Å².